The standard InChI is InChI=1S/C17H20N6O3S/c1-17(2)13(14-19-21-22-20-14)23-15(26)12(16(23)27-17)18-11(25)7-9-5-3-4-6-10(9)8-24/h3-6,12-13,16,24H,7-8H2,1-2H3,(H,18,25)(H,19,20,21,22)/t12?,13?,16-/m0/s1. The number of fused-ring (bicyclic) bond motifs is 1. The second-order valence-electron chi connectivity index (χ2n) is 7.18. The number of aromatic amines is 1. The molecule has 2 aliphatic heterocycles. The molecule has 0 saturated carbocycles. The molecule has 3 atom stereocenters. The maximum atomic E-state index is 12.7. The fourth-order valence-corrected chi connectivity index (χ4v) is 5.36. The number of aromatic nitrogens is 4. The number of benzene rings is 1. The minimum absolute atomic E-state index is 0.121. The van der Waals surface area contributed by atoms with E-state index in [4.69, 9.17) is 0 Å². The Morgan fingerprint density at radius 3 is 2.78 bits per heavy atom. The summed E-state index contributed by atoms with van der Waals surface area (Å²) < 4.78 is -0.298. The summed E-state index contributed by atoms with van der Waals surface area (Å²) in [4.78, 5) is 26.9. The van der Waals surface area contributed by atoms with Crippen molar-refractivity contribution in [2.75, 3.05) is 0 Å². The average molecular weight is 388 g/mol. The molecule has 2 fully saturated rings. The number of carbonyl (C=O) groups excluding carboxylic acids is 2. The van der Waals surface area contributed by atoms with Crippen LogP contribution in [0, 0.1) is 0 Å². The lowest BCUT2D eigenvalue weighted by Gasteiger charge is -2.44. The van der Waals surface area contributed by atoms with Gasteiger partial charge in [0.25, 0.3) is 0 Å². The Morgan fingerprint density at radius 1 is 1.37 bits per heavy atom. The van der Waals surface area contributed by atoms with Crippen LogP contribution in [0.4, 0.5) is 0 Å². The van der Waals surface area contributed by atoms with Gasteiger partial charge in [-0.15, -0.1) is 22.0 Å². The topological polar surface area (TPSA) is 124 Å². The third kappa shape index (κ3) is 2.98. The molecule has 27 heavy (non-hydrogen) atoms. The summed E-state index contributed by atoms with van der Waals surface area (Å²) in [6.07, 6.45) is 0.121. The third-order valence-electron chi connectivity index (χ3n) is 5.00. The van der Waals surface area contributed by atoms with Gasteiger partial charge >= 0.3 is 0 Å². The number of aliphatic hydroxyl groups excluding tert-OH is 1. The number of thioether (sulfide) groups is 1. The van der Waals surface area contributed by atoms with Gasteiger partial charge in [0, 0.05) is 4.75 Å². The number of hydrogen-bond donors (Lipinski definition) is 3. The van der Waals surface area contributed by atoms with E-state index in [-0.39, 0.29) is 41.0 Å². The van der Waals surface area contributed by atoms with Crippen molar-refractivity contribution in [3.8, 4) is 0 Å². The summed E-state index contributed by atoms with van der Waals surface area (Å²) in [5.74, 6) is 0.0944. The van der Waals surface area contributed by atoms with E-state index >= 15 is 0 Å². The summed E-state index contributed by atoms with van der Waals surface area (Å²) in [6, 6.07) is 6.36. The van der Waals surface area contributed by atoms with Gasteiger partial charge in [0.05, 0.1) is 13.0 Å². The zero-order chi connectivity index (χ0) is 19.2. The van der Waals surface area contributed by atoms with Crippen molar-refractivity contribution in [1.82, 2.24) is 30.8 Å². The Balaban J connectivity index is 1.46. The summed E-state index contributed by atoms with van der Waals surface area (Å²) in [5.41, 5.74) is 1.47. The highest BCUT2D eigenvalue weighted by Gasteiger charge is 2.63. The highest BCUT2D eigenvalue weighted by atomic mass is 32.2. The molecule has 2 aliphatic rings. The van der Waals surface area contributed by atoms with E-state index in [1.807, 2.05) is 26.0 Å². The highest BCUT2D eigenvalue weighted by molar-refractivity contribution is 8.01. The van der Waals surface area contributed by atoms with E-state index in [2.05, 4.69) is 25.9 Å². The van der Waals surface area contributed by atoms with Gasteiger partial charge in [0.2, 0.25) is 11.8 Å². The van der Waals surface area contributed by atoms with E-state index in [9.17, 15) is 14.7 Å². The van der Waals surface area contributed by atoms with Crippen molar-refractivity contribution < 1.29 is 14.7 Å². The van der Waals surface area contributed by atoms with Crippen molar-refractivity contribution in [3.63, 3.8) is 0 Å². The summed E-state index contributed by atoms with van der Waals surface area (Å²) in [6.45, 7) is 3.93. The molecule has 9 nitrogen and oxygen atoms in total. The SMILES string of the molecule is CC1(C)S[C@H]2C(NC(=O)Cc3ccccc3CO)C(=O)N2C1c1nn[nH]n1. The van der Waals surface area contributed by atoms with E-state index < -0.39 is 6.04 Å². The van der Waals surface area contributed by atoms with Crippen molar-refractivity contribution in [1.29, 1.82) is 0 Å². The number of nitrogens with zero attached hydrogens (tertiary/aromatic N) is 4. The number of rotatable bonds is 5. The number of H-pyrrole nitrogens is 1. The molecule has 2 aromatic rings. The van der Waals surface area contributed by atoms with Crippen LogP contribution in [0.5, 0.6) is 0 Å². The number of β-lactam (4-membered cyclic amide) rings is 1. The van der Waals surface area contributed by atoms with Crippen molar-refractivity contribution >= 4 is 23.6 Å². The van der Waals surface area contributed by atoms with Gasteiger partial charge < -0.3 is 15.3 Å². The van der Waals surface area contributed by atoms with Crippen LogP contribution >= 0.6 is 11.8 Å². The molecule has 1 aromatic carbocycles. The van der Waals surface area contributed by atoms with Gasteiger partial charge in [0.1, 0.15) is 17.5 Å². The Kier molecular flexibility index (Phi) is 4.39. The van der Waals surface area contributed by atoms with Gasteiger partial charge in [-0.1, -0.05) is 29.5 Å². The normalized spacial score (nSPS) is 25.8. The monoisotopic (exact) mass is 388 g/mol. The smallest absolute Gasteiger partial charge is 0.249 e. The van der Waals surface area contributed by atoms with Crippen LogP contribution in [0.3, 0.4) is 0 Å². The van der Waals surface area contributed by atoms with Gasteiger partial charge in [0.15, 0.2) is 5.82 Å². The molecule has 3 heterocycles. The zero-order valence-electron chi connectivity index (χ0n) is 14.9. The van der Waals surface area contributed by atoms with Gasteiger partial charge in [-0.25, -0.2) is 0 Å². The van der Waals surface area contributed by atoms with E-state index in [1.54, 1.807) is 28.8 Å². The molecule has 1 aromatic heterocycles. The minimum atomic E-state index is -0.569. The third-order valence-corrected chi connectivity index (χ3v) is 6.58. The van der Waals surface area contributed by atoms with Crippen LogP contribution in [-0.4, -0.2) is 58.6 Å². The lowest BCUT2D eigenvalue weighted by atomic mass is 9.95. The maximum absolute atomic E-state index is 12.7. The highest BCUT2D eigenvalue weighted by Crippen LogP contribution is 2.56. The molecular weight excluding hydrogens is 368 g/mol. The molecule has 2 saturated heterocycles. The number of nitrogens with one attached hydrogen (secondary N) is 2. The predicted octanol–water partition coefficient (Wildman–Crippen LogP) is 0.154. The molecule has 0 aliphatic carbocycles. The Bertz CT molecular complexity index is 871. The Morgan fingerprint density at radius 2 is 2.11 bits per heavy atom. The number of carbonyl (C=O) groups is 2. The molecule has 0 radical (unpaired) electrons. The molecule has 3 N–H and O–H groups in total. The Hall–Kier alpha value is -2.46. The van der Waals surface area contributed by atoms with Crippen LogP contribution < -0.4 is 5.32 Å². The molecular formula is C17H20N6O3S. The van der Waals surface area contributed by atoms with Crippen LogP contribution in [0.1, 0.15) is 36.8 Å². The zero-order valence-corrected chi connectivity index (χ0v) is 15.7. The fourth-order valence-electron chi connectivity index (χ4n) is 3.73. The first-order valence-corrected chi connectivity index (χ1v) is 9.50. The second kappa shape index (κ2) is 6.61. The van der Waals surface area contributed by atoms with Gasteiger partial charge in [-0.05, 0) is 25.0 Å². The van der Waals surface area contributed by atoms with Crippen molar-refractivity contribution in [2.45, 2.75) is 49.1 Å². The Labute approximate surface area is 159 Å². The van der Waals surface area contributed by atoms with Crippen molar-refractivity contribution in [3.05, 3.63) is 41.2 Å². The maximum Gasteiger partial charge on any atom is 0.249 e. The average Bonchev–Trinajstić information content (AvgIpc) is 3.24. The predicted molar refractivity (Wildman–Crippen MR) is 97.2 cm³/mol. The quantitative estimate of drug-likeness (QED) is 0.623. The van der Waals surface area contributed by atoms with Gasteiger partial charge in [-0.3, -0.25) is 9.59 Å². The molecule has 2 amide bonds. The minimum Gasteiger partial charge on any atom is -0.392 e. The second-order valence-corrected chi connectivity index (χ2v) is 8.95. The molecule has 0 bridgehead atoms. The summed E-state index contributed by atoms with van der Waals surface area (Å²) in [7, 11) is 0. The van der Waals surface area contributed by atoms with Crippen LogP contribution in [0.15, 0.2) is 24.3 Å². The van der Waals surface area contributed by atoms with Crippen LogP contribution in [0.2, 0.25) is 0 Å². The van der Waals surface area contributed by atoms with E-state index in [0.29, 0.717) is 11.4 Å². The number of hydrogen-bond acceptors (Lipinski definition) is 7. The summed E-state index contributed by atoms with van der Waals surface area (Å²) >= 11 is 1.62. The lowest BCUT2D eigenvalue weighted by Crippen LogP contribution is -2.68. The largest absolute Gasteiger partial charge is 0.392 e. The van der Waals surface area contributed by atoms with E-state index in [1.165, 1.54) is 0 Å². The molecule has 2 unspecified atom stereocenters. The molecule has 142 valence electrons. The molecule has 0 spiro atoms. The van der Waals surface area contributed by atoms with Crippen LogP contribution in [-0.2, 0) is 22.6 Å². The molecule has 4 rings (SSSR count). The first-order valence-electron chi connectivity index (χ1n) is 8.62. The summed E-state index contributed by atoms with van der Waals surface area (Å²) in [5, 5.41) is 26.2. The number of aliphatic hydroxyl groups is 1. The first-order chi connectivity index (χ1) is 12.9. The fraction of sp³-hybridized carbons (Fsp3) is 0.471. The van der Waals surface area contributed by atoms with E-state index in [0.717, 1.165) is 5.56 Å². The first kappa shape index (κ1) is 17.9. The number of amides is 2. The van der Waals surface area contributed by atoms with Crippen LogP contribution in [0.25, 0.3) is 0 Å². The lowest BCUT2D eigenvalue weighted by molar-refractivity contribution is -0.151. The van der Waals surface area contributed by atoms with Gasteiger partial charge in [-0.2, -0.15) is 5.21 Å². The number of tetrazole rings is 1. The molecule has 10 heteroatoms. The van der Waals surface area contributed by atoms with Crippen molar-refractivity contribution in [2.24, 2.45) is 0 Å².